The molecule has 0 heterocycles. The molecule has 0 bridgehead atoms. The fourth-order valence-corrected chi connectivity index (χ4v) is 2.99. The zero-order valence-corrected chi connectivity index (χ0v) is 18.7. The summed E-state index contributed by atoms with van der Waals surface area (Å²) in [5.41, 5.74) is 12.4. The van der Waals surface area contributed by atoms with E-state index >= 15 is 0 Å². The van der Waals surface area contributed by atoms with Crippen molar-refractivity contribution in [2.24, 2.45) is 0 Å². The van der Waals surface area contributed by atoms with Gasteiger partial charge in [0.25, 0.3) is 0 Å². The summed E-state index contributed by atoms with van der Waals surface area (Å²) in [5, 5.41) is 0. The first-order chi connectivity index (χ1) is 12.6. The molecule has 0 spiro atoms. The van der Waals surface area contributed by atoms with Crippen LogP contribution in [-0.2, 0) is 0 Å². The van der Waals surface area contributed by atoms with Gasteiger partial charge in [0.05, 0.1) is 0 Å². The molecule has 3 aromatic carbocycles. The molecule has 0 saturated heterocycles. The molecule has 0 heteroatoms. The molecule has 3 aromatic rings. The Morgan fingerprint density at radius 1 is 0.370 bits per heavy atom. The van der Waals surface area contributed by atoms with Crippen LogP contribution < -0.4 is 0 Å². The van der Waals surface area contributed by atoms with E-state index in [9.17, 15) is 0 Å². The summed E-state index contributed by atoms with van der Waals surface area (Å²) in [6, 6.07) is 19.4. The van der Waals surface area contributed by atoms with Crippen LogP contribution in [0.2, 0.25) is 0 Å². The van der Waals surface area contributed by atoms with E-state index in [1.165, 1.54) is 50.1 Å². The van der Waals surface area contributed by atoms with Crippen molar-refractivity contribution in [2.45, 2.75) is 62.3 Å². The van der Waals surface area contributed by atoms with Crippen molar-refractivity contribution in [3.05, 3.63) is 105 Å². The van der Waals surface area contributed by atoms with Gasteiger partial charge >= 0.3 is 0 Å². The average molecular weight is 361 g/mol. The lowest BCUT2D eigenvalue weighted by Crippen LogP contribution is -1.82. The van der Waals surface area contributed by atoms with Gasteiger partial charge in [-0.05, 0) is 90.1 Å². The highest BCUT2D eigenvalue weighted by Crippen LogP contribution is 2.10. The maximum Gasteiger partial charge on any atom is -0.0392 e. The summed E-state index contributed by atoms with van der Waals surface area (Å²) in [7, 11) is 0. The van der Waals surface area contributed by atoms with E-state index in [0.717, 1.165) is 0 Å². The SMILES string of the molecule is Cc1cc(C)cc(C)c1.Cc1ccc(C)c(C)c1.Cc1cccc(C)c1C. The van der Waals surface area contributed by atoms with Gasteiger partial charge in [-0.3, -0.25) is 0 Å². The van der Waals surface area contributed by atoms with Crippen molar-refractivity contribution in [1.29, 1.82) is 0 Å². The van der Waals surface area contributed by atoms with Crippen LogP contribution in [0.15, 0.2) is 54.6 Å². The topological polar surface area (TPSA) is 0 Å². The van der Waals surface area contributed by atoms with Gasteiger partial charge in [-0.1, -0.05) is 76.9 Å². The molecule has 0 fully saturated rings. The Labute approximate surface area is 167 Å². The highest BCUT2D eigenvalue weighted by Gasteiger charge is 1.92. The first-order valence-electron chi connectivity index (χ1n) is 9.71. The van der Waals surface area contributed by atoms with Gasteiger partial charge in [0.15, 0.2) is 0 Å². The van der Waals surface area contributed by atoms with Crippen LogP contribution in [0, 0.1) is 62.3 Å². The number of aryl methyl sites for hydroxylation is 8. The van der Waals surface area contributed by atoms with Gasteiger partial charge in [0.2, 0.25) is 0 Å². The van der Waals surface area contributed by atoms with Crippen LogP contribution in [-0.4, -0.2) is 0 Å². The Morgan fingerprint density at radius 2 is 0.815 bits per heavy atom. The fourth-order valence-electron chi connectivity index (χ4n) is 2.99. The van der Waals surface area contributed by atoms with Crippen molar-refractivity contribution in [3.8, 4) is 0 Å². The highest BCUT2D eigenvalue weighted by atomic mass is 14.0. The zero-order valence-electron chi connectivity index (χ0n) is 18.7. The lowest BCUT2D eigenvalue weighted by Gasteiger charge is -2.00. The second-order valence-corrected chi connectivity index (χ2v) is 7.77. The summed E-state index contributed by atoms with van der Waals surface area (Å²) in [5.74, 6) is 0. The van der Waals surface area contributed by atoms with Crippen LogP contribution >= 0.6 is 0 Å². The second kappa shape index (κ2) is 10.7. The van der Waals surface area contributed by atoms with Crippen LogP contribution in [0.25, 0.3) is 0 Å². The molecule has 0 aliphatic carbocycles. The van der Waals surface area contributed by atoms with Crippen molar-refractivity contribution in [1.82, 2.24) is 0 Å². The molecule has 0 aliphatic rings. The lowest BCUT2D eigenvalue weighted by atomic mass is 10.1. The first kappa shape index (κ1) is 22.7. The maximum absolute atomic E-state index is 2.20. The lowest BCUT2D eigenvalue weighted by molar-refractivity contribution is 1.27. The molecule has 0 amide bonds. The van der Waals surface area contributed by atoms with Gasteiger partial charge < -0.3 is 0 Å². The molecule has 0 atom stereocenters. The summed E-state index contributed by atoms with van der Waals surface area (Å²) in [6.07, 6.45) is 0. The smallest absolute Gasteiger partial charge is 0.0392 e. The molecule has 144 valence electrons. The Morgan fingerprint density at radius 3 is 1.15 bits per heavy atom. The normalized spacial score (nSPS) is 9.67. The number of hydrogen-bond donors (Lipinski definition) is 0. The van der Waals surface area contributed by atoms with Crippen molar-refractivity contribution >= 4 is 0 Å². The highest BCUT2D eigenvalue weighted by molar-refractivity contribution is 5.31. The Kier molecular flexibility index (Phi) is 9.02. The minimum atomic E-state index is 1.35. The van der Waals surface area contributed by atoms with Crippen molar-refractivity contribution in [2.75, 3.05) is 0 Å². The predicted octanol–water partition coefficient (Wildman–Crippen LogP) is 7.84. The van der Waals surface area contributed by atoms with E-state index in [2.05, 4.69) is 117 Å². The molecule has 3 rings (SSSR count). The van der Waals surface area contributed by atoms with Crippen LogP contribution in [0.1, 0.15) is 50.1 Å². The summed E-state index contributed by atoms with van der Waals surface area (Å²) in [6.45, 7) is 19.2. The quantitative estimate of drug-likeness (QED) is 0.383. The number of hydrogen-bond acceptors (Lipinski definition) is 0. The molecule has 0 nitrogen and oxygen atoms in total. The zero-order chi connectivity index (χ0) is 20.6. The Hall–Kier alpha value is -2.34. The van der Waals surface area contributed by atoms with Gasteiger partial charge in [0, 0.05) is 0 Å². The predicted molar refractivity (Wildman–Crippen MR) is 122 cm³/mol. The molecule has 0 unspecified atom stereocenters. The van der Waals surface area contributed by atoms with Crippen LogP contribution in [0.4, 0.5) is 0 Å². The van der Waals surface area contributed by atoms with Gasteiger partial charge in [-0.15, -0.1) is 0 Å². The molecule has 0 aliphatic heterocycles. The van der Waals surface area contributed by atoms with Crippen LogP contribution in [0.3, 0.4) is 0 Å². The summed E-state index contributed by atoms with van der Waals surface area (Å²) >= 11 is 0. The minimum absolute atomic E-state index is 1.35. The fraction of sp³-hybridized carbons (Fsp3) is 0.333. The van der Waals surface area contributed by atoms with E-state index in [-0.39, 0.29) is 0 Å². The van der Waals surface area contributed by atoms with Crippen molar-refractivity contribution < 1.29 is 0 Å². The standard InChI is InChI=1S/3C9H12/c1-7-4-8(2)6-9(3)5-7;1-7-4-5-8(2)9(3)6-7;1-7-5-4-6-8(2)9(7)3/h3*4-6H,1-3H3. The largest absolute Gasteiger partial charge is 0.0617 e. The van der Waals surface area contributed by atoms with E-state index < -0.39 is 0 Å². The molecule has 0 saturated carbocycles. The van der Waals surface area contributed by atoms with Gasteiger partial charge in [0.1, 0.15) is 0 Å². The number of benzene rings is 3. The Bertz CT molecular complexity index is 798. The first-order valence-corrected chi connectivity index (χ1v) is 9.71. The third-order valence-corrected chi connectivity index (χ3v) is 4.90. The van der Waals surface area contributed by atoms with Crippen LogP contribution in [0.5, 0.6) is 0 Å². The minimum Gasteiger partial charge on any atom is -0.0617 e. The van der Waals surface area contributed by atoms with E-state index in [1.807, 2.05) is 0 Å². The molecule has 27 heavy (non-hydrogen) atoms. The number of rotatable bonds is 0. The van der Waals surface area contributed by atoms with Gasteiger partial charge in [-0.25, -0.2) is 0 Å². The third kappa shape index (κ3) is 8.26. The van der Waals surface area contributed by atoms with E-state index in [1.54, 1.807) is 0 Å². The third-order valence-electron chi connectivity index (χ3n) is 4.90. The molecular formula is C27H36. The maximum atomic E-state index is 2.20. The molecular weight excluding hydrogens is 324 g/mol. The Balaban J connectivity index is 0.000000202. The second-order valence-electron chi connectivity index (χ2n) is 7.77. The molecule has 0 aromatic heterocycles. The summed E-state index contributed by atoms with van der Waals surface area (Å²) in [4.78, 5) is 0. The average Bonchev–Trinajstić information content (AvgIpc) is 2.56. The van der Waals surface area contributed by atoms with E-state index in [4.69, 9.17) is 0 Å². The monoisotopic (exact) mass is 360 g/mol. The van der Waals surface area contributed by atoms with Crippen molar-refractivity contribution in [3.63, 3.8) is 0 Å². The summed E-state index contributed by atoms with van der Waals surface area (Å²) < 4.78 is 0. The van der Waals surface area contributed by atoms with E-state index in [0.29, 0.717) is 0 Å². The molecule has 0 N–H and O–H groups in total. The van der Waals surface area contributed by atoms with Gasteiger partial charge in [-0.2, -0.15) is 0 Å². The molecule has 0 radical (unpaired) electrons.